The number of anilines is 1. The quantitative estimate of drug-likeness (QED) is 0.649. The number of nitrogens with zero attached hydrogens (tertiary/aromatic N) is 1. The van der Waals surface area contributed by atoms with Gasteiger partial charge in [0.1, 0.15) is 0 Å². The molecule has 0 aliphatic heterocycles. The summed E-state index contributed by atoms with van der Waals surface area (Å²) < 4.78 is 0. The van der Waals surface area contributed by atoms with Crippen molar-refractivity contribution in [2.75, 3.05) is 38.2 Å². The first-order valence-corrected chi connectivity index (χ1v) is 5.96. The van der Waals surface area contributed by atoms with Gasteiger partial charge in [-0.3, -0.25) is 9.69 Å². The Morgan fingerprint density at radius 2 is 1.72 bits per heavy atom. The Morgan fingerprint density at radius 1 is 1.17 bits per heavy atom. The minimum absolute atomic E-state index is 0.0299. The smallest absolute Gasteiger partial charge is 0.238 e. The predicted molar refractivity (Wildman–Crippen MR) is 70.4 cm³/mol. The molecule has 5 nitrogen and oxygen atoms in total. The number of aryl methyl sites for hydroxylation is 1. The predicted octanol–water partition coefficient (Wildman–Crippen LogP) is 0.220. The van der Waals surface area contributed by atoms with E-state index in [2.05, 4.69) is 5.32 Å². The summed E-state index contributed by atoms with van der Waals surface area (Å²) in [5, 5.41) is 20.5. The van der Waals surface area contributed by atoms with Crippen LogP contribution >= 0.6 is 0 Å². The molecule has 0 aromatic heterocycles. The van der Waals surface area contributed by atoms with Crippen LogP contribution in [0.15, 0.2) is 24.3 Å². The molecule has 3 N–H and O–H groups in total. The largest absolute Gasteiger partial charge is 0.395 e. The first kappa shape index (κ1) is 14.6. The zero-order valence-electron chi connectivity index (χ0n) is 10.6. The summed E-state index contributed by atoms with van der Waals surface area (Å²) in [6.45, 7) is 2.84. The van der Waals surface area contributed by atoms with Crippen molar-refractivity contribution in [2.45, 2.75) is 6.92 Å². The fourth-order valence-corrected chi connectivity index (χ4v) is 1.59. The highest BCUT2D eigenvalue weighted by atomic mass is 16.3. The summed E-state index contributed by atoms with van der Waals surface area (Å²) in [6, 6.07) is 7.54. The molecule has 0 radical (unpaired) electrons. The van der Waals surface area contributed by atoms with Crippen molar-refractivity contribution >= 4 is 11.6 Å². The number of amides is 1. The van der Waals surface area contributed by atoms with E-state index in [1.54, 1.807) is 4.90 Å². The third kappa shape index (κ3) is 5.27. The number of hydrogen-bond donors (Lipinski definition) is 3. The molecule has 5 heteroatoms. The highest BCUT2D eigenvalue weighted by molar-refractivity contribution is 5.92. The van der Waals surface area contributed by atoms with Gasteiger partial charge in [-0.05, 0) is 19.1 Å². The van der Waals surface area contributed by atoms with Crippen molar-refractivity contribution in [3.05, 3.63) is 29.8 Å². The summed E-state index contributed by atoms with van der Waals surface area (Å²) >= 11 is 0. The molecular formula is C13H20N2O3. The van der Waals surface area contributed by atoms with E-state index in [-0.39, 0.29) is 25.7 Å². The first-order valence-electron chi connectivity index (χ1n) is 5.96. The number of benzene rings is 1. The van der Waals surface area contributed by atoms with E-state index in [9.17, 15) is 4.79 Å². The zero-order chi connectivity index (χ0) is 13.4. The van der Waals surface area contributed by atoms with Crippen LogP contribution in [0.3, 0.4) is 0 Å². The molecule has 1 rings (SSSR count). The highest BCUT2D eigenvalue weighted by Crippen LogP contribution is 2.08. The molecule has 0 bridgehead atoms. The second kappa shape index (κ2) is 7.81. The van der Waals surface area contributed by atoms with Crippen LogP contribution in [0.25, 0.3) is 0 Å². The molecule has 1 aromatic carbocycles. The molecule has 0 atom stereocenters. The van der Waals surface area contributed by atoms with E-state index in [0.29, 0.717) is 13.1 Å². The minimum Gasteiger partial charge on any atom is -0.395 e. The summed E-state index contributed by atoms with van der Waals surface area (Å²) in [5.41, 5.74) is 1.88. The number of rotatable bonds is 7. The third-order valence-corrected chi connectivity index (χ3v) is 2.53. The highest BCUT2D eigenvalue weighted by Gasteiger charge is 2.09. The van der Waals surface area contributed by atoms with Crippen molar-refractivity contribution in [1.82, 2.24) is 4.90 Å². The van der Waals surface area contributed by atoms with Crippen LogP contribution in [0.4, 0.5) is 5.69 Å². The lowest BCUT2D eigenvalue weighted by atomic mass is 10.2. The number of carbonyl (C=O) groups is 1. The Balaban J connectivity index is 2.46. The van der Waals surface area contributed by atoms with E-state index < -0.39 is 0 Å². The molecular weight excluding hydrogens is 232 g/mol. The van der Waals surface area contributed by atoms with Gasteiger partial charge >= 0.3 is 0 Å². The Hall–Kier alpha value is -1.43. The maximum absolute atomic E-state index is 11.7. The van der Waals surface area contributed by atoms with Gasteiger partial charge in [0.25, 0.3) is 0 Å². The Bertz CT molecular complexity index is 359. The Kier molecular flexibility index (Phi) is 6.35. The second-order valence-electron chi connectivity index (χ2n) is 4.14. The van der Waals surface area contributed by atoms with E-state index in [1.807, 2.05) is 31.2 Å². The lowest BCUT2D eigenvalue weighted by molar-refractivity contribution is -0.117. The van der Waals surface area contributed by atoms with Crippen molar-refractivity contribution in [3.8, 4) is 0 Å². The van der Waals surface area contributed by atoms with Crippen LogP contribution in [0.2, 0.25) is 0 Å². The van der Waals surface area contributed by atoms with Gasteiger partial charge < -0.3 is 15.5 Å². The number of aliphatic hydroxyl groups excluding tert-OH is 2. The van der Waals surface area contributed by atoms with Gasteiger partial charge in [0.05, 0.1) is 19.8 Å². The normalized spacial score (nSPS) is 10.7. The molecule has 0 spiro atoms. The average Bonchev–Trinajstić information content (AvgIpc) is 2.33. The summed E-state index contributed by atoms with van der Waals surface area (Å²) in [6.07, 6.45) is 0. The van der Waals surface area contributed by atoms with Crippen molar-refractivity contribution in [2.24, 2.45) is 0 Å². The van der Waals surface area contributed by atoms with Gasteiger partial charge in [0.15, 0.2) is 0 Å². The van der Waals surface area contributed by atoms with Gasteiger partial charge in [-0.1, -0.05) is 17.7 Å². The number of carbonyl (C=O) groups excluding carboxylic acids is 1. The molecule has 0 saturated heterocycles. The molecule has 0 unspecified atom stereocenters. The molecule has 18 heavy (non-hydrogen) atoms. The summed E-state index contributed by atoms with van der Waals surface area (Å²) in [5.74, 6) is -0.152. The maximum atomic E-state index is 11.7. The van der Waals surface area contributed by atoms with Crippen LogP contribution in [-0.2, 0) is 4.79 Å². The lowest BCUT2D eigenvalue weighted by Crippen LogP contribution is -2.37. The molecule has 1 amide bonds. The Labute approximate surface area is 107 Å². The summed E-state index contributed by atoms with van der Waals surface area (Å²) in [7, 11) is 0. The first-order chi connectivity index (χ1) is 8.65. The van der Waals surface area contributed by atoms with Gasteiger partial charge in [-0.15, -0.1) is 0 Å². The van der Waals surface area contributed by atoms with Gasteiger partial charge in [-0.25, -0.2) is 0 Å². The Morgan fingerprint density at radius 3 is 2.22 bits per heavy atom. The van der Waals surface area contributed by atoms with Crippen LogP contribution in [0, 0.1) is 6.92 Å². The van der Waals surface area contributed by atoms with Gasteiger partial charge in [0, 0.05) is 18.8 Å². The third-order valence-electron chi connectivity index (χ3n) is 2.53. The van der Waals surface area contributed by atoms with E-state index in [1.165, 1.54) is 0 Å². The molecule has 0 fully saturated rings. The molecule has 100 valence electrons. The molecule has 0 aliphatic rings. The van der Waals surface area contributed by atoms with E-state index >= 15 is 0 Å². The fraction of sp³-hybridized carbons (Fsp3) is 0.462. The van der Waals surface area contributed by atoms with Crippen LogP contribution in [0.1, 0.15) is 5.56 Å². The zero-order valence-corrected chi connectivity index (χ0v) is 10.6. The molecule has 0 aliphatic carbocycles. The van der Waals surface area contributed by atoms with E-state index in [4.69, 9.17) is 10.2 Å². The summed E-state index contributed by atoms with van der Waals surface area (Å²) in [4.78, 5) is 13.4. The van der Waals surface area contributed by atoms with Crippen LogP contribution < -0.4 is 5.32 Å². The lowest BCUT2D eigenvalue weighted by Gasteiger charge is -2.19. The average molecular weight is 252 g/mol. The second-order valence-corrected chi connectivity index (χ2v) is 4.14. The topological polar surface area (TPSA) is 72.8 Å². The van der Waals surface area contributed by atoms with Crippen molar-refractivity contribution in [1.29, 1.82) is 0 Å². The molecule has 1 aromatic rings. The number of nitrogens with one attached hydrogen (secondary N) is 1. The molecule has 0 heterocycles. The van der Waals surface area contributed by atoms with Gasteiger partial charge in [-0.2, -0.15) is 0 Å². The van der Waals surface area contributed by atoms with Gasteiger partial charge in [0.2, 0.25) is 5.91 Å². The van der Waals surface area contributed by atoms with Crippen LogP contribution in [0.5, 0.6) is 0 Å². The standard InChI is InChI=1S/C13H20N2O3/c1-11-2-4-12(5-3-11)14-13(18)10-15(6-8-16)7-9-17/h2-5,16-17H,6-10H2,1H3,(H,14,18). The number of aliphatic hydroxyl groups is 2. The van der Waals surface area contributed by atoms with Crippen molar-refractivity contribution in [3.63, 3.8) is 0 Å². The number of hydrogen-bond acceptors (Lipinski definition) is 4. The van der Waals surface area contributed by atoms with Crippen molar-refractivity contribution < 1.29 is 15.0 Å². The fourth-order valence-electron chi connectivity index (χ4n) is 1.59. The molecule has 0 saturated carbocycles. The maximum Gasteiger partial charge on any atom is 0.238 e. The SMILES string of the molecule is Cc1ccc(NC(=O)CN(CCO)CCO)cc1. The monoisotopic (exact) mass is 252 g/mol. The minimum atomic E-state index is -0.152. The van der Waals surface area contributed by atoms with Crippen LogP contribution in [-0.4, -0.2) is 53.9 Å². The van der Waals surface area contributed by atoms with E-state index in [0.717, 1.165) is 11.3 Å².